The summed E-state index contributed by atoms with van der Waals surface area (Å²) < 4.78 is 13.8. The smallest absolute Gasteiger partial charge is 0.231 e. The standard InChI is InChI=1S/C18H19BrN6O2/c1-23-17-13(8-22-23)18(21-10-20-17)25-4-2-24(3-5-25)9-12-6-15-16(7-14(12)19)27-11-26-15/h6-8,10H,2-5,9,11H2,1H3. The fourth-order valence-electron chi connectivity index (χ4n) is 3.64. The van der Waals surface area contributed by atoms with Crippen molar-refractivity contribution in [3.05, 3.63) is 34.7 Å². The third-order valence-corrected chi connectivity index (χ3v) is 5.85. The van der Waals surface area contributed by atoms with E-state index in [0.29, 0.717) is 6.79 Å². The number of piperazine rings is 1. The molecule has 2 aromatic heterocycles. The first-order valence-corrected chi connectivity index (χ1v) is 9.66. The SMILES string of the molecule is Cn1ncc2c(N3CCN(Cc4cc5c(cc4Br)OCO5)CC3)ncnc21. The number of halogens is 1. The highest BCUT2D eigenvalue weighted by Crippen LogP contribution is 2.37. The molecule has 8 nitrogen and oxygen atoms in total. The van der Waals surface area contributed by atoms with Gasteiger partial charge in [-0.2, -0.15) is 5.10 Å². The largest absolute Gasteiger partial charge is 0.454 e. The quantitative estimate of drug-likeness (QED) is 0.630. The molecule has 5 rings (SSSR count). The number of fused-ring (bicyclic) bond motifs is 2. The third kappa shape index (κ3) is 3.00. The molecule has 4 heterocycles. The van der Waals surface area contributed by atoms with Crippen LogP contribution in [0.5, 0.6) is 11.5 Å². The topological polar surface area (TPSA) is 68.5 Å². The van der Waals surface area contributed by atoms with Crippen LogP contribution in [0, 0.1) is 0 Å². The van der Waals surface area contributed by atoms with Crippen LogP contribution in [-0.2, 0) is 13.6 Å². The summed E-state index contributed by atoms with van der Waals surface area (Å²) >= 11 is 3.66. The Hall–Kier alpha value is -2.39. The molecule has 3 aromatic rings. The predicted octanol–water partition coefficient (Wildman–Crippen LogP) is 2.18. The van der Waals surface area contributed by atoms with Crippen LogP contribution in [-0.4, -0.2) is 57.6 Å². The van der Waals surface area contributed by atoms with Crippen molar-refractivity contribution in [1.82, 2.24) is 24.6 Å². The summed E-state index contributed by atoms with van der Waals surface area (Å²) in [4.78, 5) is 13.6. The lowest BCUT2D eigenvalue weighted by Gasteiger charge is -2.35. The molecule has 2 aliphatic rings. The summed E-state index contributed by atoms with van der Waals surface area (Å²) in [6, 6.07) is 4.07. The minimum Gasteiger partial charge on any atom is -0.454 e. The van der Waals surface area contributed by atoms with Gasteiger partial charge in [-0.25, -0.2) is 9.97 Å². The molecule has 0 atom stereocenters. The van der Waals surface area contributed by atoms with Gasteiger partial charge >= 0.3 is 0 Å². The monoisotopic (exact) mass is 430 g/mol. The molecule has 2 aliphatic heterocycles. The summed E-state index contributed by atoms with van der Waals surface area (Å²) in [6.45, 7) is 4.94. The van der Waals surface area contributed by atoms with Crippen molar-refractivity contribution in [2.75, 3.05) is 37.9 Å². The first kappa shape index (κ1) is 16.8. The van der Waals surface area contributed by atoms with Gasteiger partial charge in [-0.05, 0) is 17.7 Å². The molecule has 0 saturated carbocycles. The van der Waals surface area contributed by atoms with Crippen molar-refractivity contribution >= 4 is 32.8 Å². The Balaban J connectivity index is 1.29. The summed E-state index contributed by atoms with van der Waals surface area (Å²) in [5.41, 5.74) is 2.08. The number of anilines is 1. The molecule has 0 N–H and O–H groups in total. The third-order valence-electron chi connectivity index (χ3n) is 5.12. The molecule has 1 aromatic carbocycles. The molecule has 27 heavy (non-hydrogen) atoms. The van der Waals surface area contributed by atoms with Gasteiger partial charge in [0.25, 0.3) is 0 Å². The van der Waals surface area contributed by atoms with E-state index >= 15 is 0 Å². The number of rotatable bonds is 3. The molecule has 140 valence electrons. The van der Waals surface area contributed by atoms with E-state index in [1.165, 1.54) is 5.56 Å². The van der Waals surface area contributed by atoms with Gasteiger partial charge in [0.1, 0.15) is 12.1 Å². The molecular weight excluding hydrogens is 412 g/mol. The number of ether oxygens (including phenoxy) is 2. The maximum Gasteiger partial charge on any atom is 0.231 e. The lowest BCUT2D eigenvalue weighted by Crippen LogP contribution is -2.46. The van der Waals surface area contributed by atoms with Crippen LogP contribution < -0.4 is 14.4 Å². The lowest BCUT2D eigenvalue weighted by atomic mass is 10.1. The van der Waals surface area contributed by atoms with Crippen molar-refractivity contribution in [3.63, 3.8) is 0 Å². The zero-order chi connectivity index (χ0) is 18.4. The number of hydrogen-bond donors (Lipinski definition) is 0. The second-order valence-corrected chi connectivity index (χ2v) is 7.62. The van der Waals surface area contributed by atoms with Gasteiger partial charge in [0, 0.05) is 44.2 Å². The fraction of sp³-hybridized carbons (Fsp3) is 0.389. The normalized spacial score (nSPS) is 17.0. The molecule has 9 heteroatoms. The second kappa shape index (κ2) is 6.65. The lowest BCUT2D eigenvalue weighted by molar-refractivity contribution is 0.174. The van der Waals surface area contributed by atoms with Gasteiger partial charge in [-0.3, -0.25) is 9.58 Å². The van der Waals surface area contributed by atoms with E-state index in [1.807, 2.05) is 19.3 Å². The van der Waals surface area contributed by atoms with Gasteiger partial charge in [0.05, 0.1) is 11.6 Å². The molecule has 0 spiro atoms. The minimum atomic E-state index is 0.297. The van der Waals surface area contributed by atoms with E-state index in [-0.39, 0.29) is 0 Å². The average molecular weight is 431 g/mol. The molecule has 0 radical (unpaired) electrons. The predicted molar refractivity (Wildman–Crippen MR) is 104 cm³/mol. The Kier molecular flexibility index (Phi) is 4.13. The fourth-order valence-corrected chi connectivity index (χ4v) is 4.09. The number of nitrogens with zero attached hydrogens (tertiary/aromatic N) is 6. The van der Waals surface area contributed by atoms with E-state index in [2.05, 4.69) is 46.9 Å². The molecular formula is C18H19BrN6O2. The van der Waals surface area contributed by atoms with E-state index in [9.17, 15) is 0 Å². The Morgan fingerprint density at radius 3 is 2.67 bits per heavy atom. The number of aromatic nitrogens is 4. The van der Waals surface area contributed by atoms with Crippen molar-refractivity contribution in [2.45, 2.75) is 6.54 Å². The van der Waals surface area contributed by atoms with Crippen LogP contribution >= 0.6 is 15.9 Å². The molecule has 0 bridgehead atoms. The molecule has 1 fully saturated rings. The van der Waals surface area contributed by atoms with Crippen molar-refractivity contribution in [2.24, 2.45) is 7.05 Å². The van der Waals surface area contributed by atoms with Crippen LogP contribution in [0.2, 0.25) is 0 Å². The minimum absolute atomic E-state index is 0.297. The molecule has 0 aliphatic carbocycles. The second-order valence-electron chi connectivity index (χ2n) is 6.76. The number of aryl methyl sites for hydroxylation is 1. The summed E-state index contributed by atoms with van der Waals surface area (Å²) in [7, 11) is 1.90. The Bertz CT molecular complexity index is 999. The van der Waals surface area contributed by atoms with Crippen molar-refractivity contribution in [3.8, 4) is 11.5 Å². The van der Waals surface area contributed by atoms with Crippen LogP contribution in [0.4, 0.5) is 5.82 Å². The van der Waals surface area contributed by atoms with E-state index in [1.54, 1.807) is 11.0 Å². The Morgan fingerprint density at radius 2 is 1.85 bits per heavy atom. The van der Waals surface area contributed by atoms with E-state index in [0.717, 1.165) is 65.5 Å². The maximum atomic E-state index is 5.51. The van der Waals surface area contributed by atoms with Crippen LogP contribution in [0.1, 0.15) is 5.56 Å². The zero-order valence-corrected chi connectivity index (χ0v) is 16.5. The number of benzene rings is 1. The average Bonchev–Trinajstić information content (AvgIpc) is 3.29. The van der Waals surface area contributed by atoms with Gasteiger partial charge in [-0.1, -0.05) is 15.9 Å². The summed E-state index contributed by atoms with van der Waals surface area (Å²) in [6.07, 6.45) is 3.47. The van der Waals surface area contributed by atoms with Crippen molar-refractivity contribution in [1.29, 1.82) is 0 Å². The van der Waals surface area contributed by atoms with E-state index in [4.69, 9.17) is 9.47 Å². The van der Waals surface area contributed by atoms with Crippen LogP contribution in [0.25, 0.3) is 11.0 Å². The molecule has 0 amide bonds. The summed E-state index contributed by atoms with van der Waals surface area (Å²) in [5, 5.41) is 5.32. The molecule has 0 unspecified atom stereocenters. The highest BCUT2D eigenvalue weighted by molar-refractivity contribution is 9.10. The molecule has 1 saturated heterocycles. The highest BCUT2D eigenvalue weighted by Gasteiger charge is 2.23. The van der Waals surface area contributed by atoms with Gasteiger partial charge in [-0.15, -0.1) is 0 Å². The first-order chi connectivity index (χ1) is 13.2. The summed E-state index contributed by atoms with van der Waals surface area (Å²) in [5.74, 6) is 2.60. The van der Waals surface area contributed by atoms with Crippen LogP contribution in [0.15, 0.2) is 29.1 Å². The van der Waals surface area contributed by atoms with Crippen LogP contribution in [0.3, 0.4) is 0 Å². The number of hydrogen-bond acceptors (Lipinski definition) is 7. The first-order valence-electron chi connectivity index (χ1n) is 8.87. The van der Waals surface area contributed by atoms with Gasteiger partial charge in [0.15, 0.2) is 17.1 Å². The van der Waals surface area contributed by atoms with Crippen molar-refractivity contribution < 1.29 is 9.47 Å². The van der Waals surface area contributed by atoms with Gasteiger partial charge < -0.3 is 14.4 Å². The highest BCUT2D eigenvalue weighted by atomic mass is 79.9. The van der Waals surface area contributed by atoms with E-state index < -0.39 is 0 Å². The maximum absolute atomic E-state index is 5.51. The Labute approximate surface area is 164 Å². The van der Waals surface area contributed by atoms with Gasteiger partial charge in [0.2, 0.25) is 6.79 Å². The Morgan fingerprint density at radius 1 is 1.07 bits per heavy atom. The zero-order valence-electron chi connectivity index (χ0n) is 14.9.